The molecule has 2 aliphatic heterocycles. The Hall–Kier alpha value is -4.65. The van der Waals surface area contributed by atoms with Crippen LogP contribution in [0.4, 0.5) is 22.0 Å². The molecular weight excluding hydrogens is 641 g/mol. The van der Waals surface area contributed by atoms with Gasteiger partial charge in [-0.3, -0.25) is 9.69 Å². The lowest BCUT2D eigenvalue weighted by atomic mass is 9.83. The van der Waals surface area contributed by atoms with Gasteiger partial charge in [0.25, 0.3) is 0 Å². The highest BCUT2D eigenvalue weighted by Crippen LogP contribution is 2.37. The molecule has 0 saturated carbocycles. The first-order valence-electron chi connectivity index (χ1n) is 15.3. The van der Waals surface area contributed by atoms with E-state index in [2.05, 4.69) is 32.8 Å². The highest BCUT2D eigenvalue weighted by molar-refractivity contribution is 5.87. The monoisotopic (exact) mass is 675 g/mol. The number of likely N-dealkylation sites (tertiary alicyclic amines) is 2. The molecule has 2 saturated heterocycles. The summed E-state index contributed by atoms with van der Waals surface area (Å²) in [4.78, 5) is 28.2. The van der Waals surface area contributed by atoms with Crippen molar-refractivity contribution in [3.63, 3.8) is 0 Å². The first-order chi connectivity index (χ1) is 22.7. The molecule has 3 aromatic rings. The molecule has 2 aliphatic rings. The Labute approximate surface area is 273 Å². The van der Waals surface area contributed by atoms with E-state index in [1.54, 1.807) is 11.9 Å². The maximum atomic E-state index is 14.7. The zero-order valence-electron chi connectivity index (χ0n) is 26.5. The summed E-state index contributed by atoms with van der Waals surface area (Å²) in [5.74, 6) is -3.49. The largest absolute Gasteiger partial charge is 0.474 e. The number of hydrogen-bond donors (Lipinski definition) is 0. The molecule has 11 nitrogen and oxygen atoms in total. The van der Waals surface area contributed by atoms with Crippen LogP contribution in [-0.4, -0.2) is 86.4 Å². The Balaban J connectivity index is 1.51. The van der Waals surface area contributed by atoms with E-state index < -0.39 is 53.4 Å². The first kappa shape index (κ1) is 34.7. The Bertz CT molecular complexity index is 1670. The Morgan fingerprint density at radius 3 is 2.48 bits per heavy atom. The second-order valence-electron chi connectivity index (χ2n) is 12.3. The van der Waals surface area contributed by atoms with Crippen LogP contribution < -0.4 is 9.47 Å². The van der Waals surface area contributed by atoms with Crippen molar-refractivity contribution in [3.05, 3.63) is 60.0 Å². The minimum absolute atomic E-state index is 0.0228. The van der Waals surface area contributed by atoms with Crippen molar-refractivity contribution in [1.82, 2.24) is 29.9 Å². The maximum absolute atomic E-state index is 14.7. The van der Waals surface area contributed by atoms with Crippen LogP contribution in [0.2, 0.25) is 0 Å². The van der Waals surface area contributed by atoms with Crippen molar-refractivity contribution in [2.24, 2.45) is 0 Å². The third-order valence-corrected chi connectivity index (χ3v) is 8.66. The summed E-state index contributed by atoms with van der Waals surface area (Å²) in [5, 5.41) is 13.2. The molecule has 0 unspecified atom stereocenters. The number of carbonyl (C=O) groups excluding carboxylic acids is 1. The highest BCUT2D eigenvalue weighted by atomic mass is 19.4. The fourth-order valence-electron chi connectivity index (χ4n) is 6.21. The van der Waals surface area contributed by atoms with E-state index >= 15 is 0 Å². The van der Waals surface area contributed by atoms with Gasteiger partial charge >= 0.3 is 6.18 Å². The summed E-state index contributed by atoms with van der Waals surface area (Å²) in [6, 6.07) is 5.10. The van der Waals surface area contributed by atoms with E-state index in [1.807, 2.05) is 0 Å². The minimum atomic E-state index is -4.75. The molecule has 2 fully saturated rings. The molecule has 0 spiro atoms. The highest BCUT2D eigenvalue weighted by Gasteiger charge is 2.50. The van der Waals surface area contributed by atoms with Crippen LogP contribution in [0.1, 0.15) is 57.4 Å². The van der Waals surface area contributed by atoms with Gasteiger partial charge in [0.2, 0.25) is 41.3 Å². The van der Waals surface area contributed by atoms with Gasteiger partial charge in [-0.1, -0.05) is 17.8 Å². The van der Waals surface area contributed by atoms with Crippen LogP contribution >= 0.6 is 0 Å². The number of benzene rings is 1. The lowest BCUT2D eigenvalue weighted by Gasteiger charge is -2.37. The van der Waals surface area contributed by atoms with Crippen molar-refractivity contribution in [1.29, 1.82) is 5.26 Å². The summed E-state index contributed by atoms with van der Waals surface area (Å²) in [6.07, 6.45) is -5.03. The quantitative estimate of drug-likeness (QED) is 0.204. The fourth-order valence-corrected chi connectivity index (χ4v) is 6.21. The van der Waals surface area contributed by atoms with Crippen molar-refractivity contribution in [3.8, 4) is 29.5 Å². The molecule has 16 heteroatoms. The predicted molar refractivity (Wildman–Crippen MR) is 160 cm³/mol. The molecule has 4 heterocycles. The number of nitrogens with zero attached hydrogens (tertiary/aromatic N) is 7. The molecule has 1 aromatic carbocycles. The molecule has 2 aromatic heterocycles. The van der Waals surface area contributed by atoms with E-state index in [4.69, 9.17) is 14.0 Å². The number of hydrogen-bond acceptors (Lipinski definition) is 10. The van der Waals surface area contributed by atoms with Crippen molar-refractivity contribution < 1.29 is 40.7 Å². The lowest BCUT2D eigenvalue weighted by Crippen LogP contribution is -2.49. The van der Waals surface area contributed by atoms with Crippen LogP contribution in [0.3, 0.4) is 0 Å². The third kappa shape index (κ3) is 7.25. The van der Waals surface area contributed by atoms with Crippen LogP contribution in [0, 0.1) is 23.0 Å². The van der Waals surface area contributed by atoms with E-state index in [0.717, 1.165) is 24.3 Å². The van der Waals surface area contributed by atoms with Gasteiger partial charge in [-0.25, -0.2) is 8.78 Å². The van der Waals surface area contributed by atoms with Gasteiger partial charge in [-0.05, 0) is 58.5 Å². The number of aromatic nitrogens is 4. The van der Waals surface area contributed by atoms with Crippen molar-refractivity contribution >= 4 is 5.91 Å². The molecular formula is C32H34F5N7O4. The van der Waals surface area contributed by atoms with Gasteiger partial charge in [-0.2, -0.15) is 33.4 Å². The summed E-state index contributed by atoms with van der Waals surface area (Å²) in [6.45, 7) is 7.14. The van der Waals surface area contributed by atoms with Crippen LogP contribution in [0.5, 0.6) is 11.8 Å². The van der Waals surface area contributed by atoms with Crippen LogP contribution in [-0.2, 0) is 10.2 Å². The number of piperidine rings is 1. The summed E-state index contributed by atoms with van der Waals surface area (Å²) >= 11 is 0. The predicted octanol–water partition coefficient (Wildman–Crippen LogP) is 5.37. The van der Waals surface area contributed by atoms with Crippen molar-refractivity contribution in [2.45, 2.75) is 81.8 Å². The minimum Gasteiger partial charge on any atom is -0.474 e. The molecule has 0 N–H and O–H groups in total. The molecule has 1 amide bonds. The van der Waals surface area contributed by atoms with Gasteiger partial charge in [0, 0.05) is 31.0 Å². The maximum Gasteiger partial charge on any atom is 0.427 e. The average molecular weight is 676 g/mol. The second kappa shape index (κ2) is 13.8. The molecule has 0 radical (unpaired) electrons. The number of likely N-dealkylation sites (N-methyl/N-ethyl adjacent to an activating group) is 1. The summed E-state index contributed by atoms with van der Waals surface area (Å²) in [5.41, 5.74) is -1.79. The van der Waals surface area contributed by atoms with Gasteiger partial charge in [0.05, 0.1) is 30.0 Å². The van der Waals surface area contributed by atoms with E-state index in [1.165, 1.54) is 24.8 Å². The van der Waals surface area contributed by atoms with Crippen molar-refractivity contribution in [2.75, 3.05) is 20.1 Å². The number of halogens is 5. The fraction of sp³-hybridized carbons (Fsp3) is 0.500. The number of nitriles is 1. The number of carbonyl (C=O) groups is 1. The number of alkyl halides is 3. The Morgan fingerprint density at radius 1 is 1.15 bits per heavy atom. The van der Waals surface area contributed by atoms with Gasteiger partial charge in [0.15, 0.2) is 0 Å². The second-order valence-corrected chi connectivity index (χ2v) is 12.3. The van der Waals surface area contributed by atoms with Gasteiger partial charge < -0.3 is 18.9 Å². The van der Waals surface area contributed by atoms with E-state index in [-0.39, 0.29) is 60.7 Å². The standard InChI is InChI=1S/C32H34F5N7O4/c1-5-25(45)44-15-12-19(16-18(44)11-13-38)46-23-17-24(47-27(32(35,36)37)22-10-7-14-43(22)4)40-28(39-23)29-41-30(48-42-29)31(2,3)26-20(33)8-6-9-21(26)34/h5-6,8-9,17-19,22,27H,1,7,10-12,14-16H2,2-4H3/t18-,19+,22+,27+/m1/s1. The molecule has 0 aliphatic carbocycles. The van der Waals surface area contributed by atoms with Gasteiger partial charge in [-0.15, -0.1) is 0 Å². The zero-order valence-corrected chi connectivity index (χ0v) is 26.5. The van der Waals surface area contributed by atoms with Gasteiger partial charge in [0.1, 0.15) is 17.7 Å². The summed E-state index contributed by atoms with van der Waals surface area (Å²) < 4.78 is 89.4. The Morgan fingerprint density at radius 2 is 1.85 bits per heavy atom. The van der Waals surface area contributed by atoms with Crippen LogP contribution in [0.25, 0.3) is 11.6 Å². The molecule has 4 atom stereocenters. The normalized spacial score (nSPS) is 21.1. The summed E-state index contributed by atoms with van der Waals surface area (Å²) in [7, 11) is 1.59. The number of ether oxygens (including phenoxy) is 2. The molecule has 256 valence electrons. The van der Waals surface area contributed by atoms with E-state index in [0.29, 0.717) is 19.4 Å². The molecule has 48 heavy (non-hydrogen) atoms. The molecule has 5 rings (SSSR count). The first-order valence-corrected chi connectivity index (χ1v) is 15.3. The number of rotatable bonds is 10. The smallest absolute Gasteiger partial charge is 0.427 e. The zero-order chi connectivity index (χ0) is 34.8. The topological polar surface area (TPSA) is 130 Å². The third-order valence-electron chi connectivity index (χ3n) is 8.66. The van der Waals surface area contributed by atoms with E-state index in [9.17, 15) is 32.0 Å². The molecule has 0 bridgehead atoms. The average Bonchev–Trinajstić information content (AvgIpc) is 3.69. The lowest BCUT2D eigenvalue weighted by molar-refractivity contribution is -0.209. The van der Waals surface area contributed by atoms with Crippen LogP contribution in [0.15, 0.2) is 41.4 Å². The SMILES string of the molecule is C=CC(=O)N1CC[C@H](Oc2cc(O[C@@H]([C@@H]3CCCN3C)C(F)(F)F)nc(-c3noc(C(C)(C)c4c(F)cccc4F)n3)n2)C[C@H]1CC#N. The Kier molecular flexibility index (Phi) is 9.99. The number of amides is 1.